The van der Waals surface area contributed by atoms with E-state index in [1.807, 2.05) is 46.6 Å². The lowest BCUT2D eigenvalue weighted by atomic mass is 9.92. The fourth-order valence-corrected chi connectivity index (χ4v) is 7.72. The van der Waals surface area contributed by atoms with E-state index in [0.717, 1.165) is 36.3 Å². The molecular formula is C40H63N5O9S. The number of nitrogens with one attached hydrogen (secondary N) is 2. The molecule has 0 bridgehead atoms. The fourth-order valence-electron chi connectivity index (χ4n) is 6.89. The van der Waals surface area contributed by atoms with E-state index in [1.165, 1.54) is 4.90 Å². The summed E-state index contributed by atoms with van der Waals surface area (Å²) in [5.74, 6) is -3.06. The van der Waals surface area contributed by atoms with Gasteiger partial charge >= 0.3 is 11.9 Å². The summed E-state index contributed by atoms with van der Waals surface area (Å²) >= 11 is 1.14. The Kier molecular flexibility index (Phi) is 18.5. The molecule has 308 valence electrons. The van der Waals surface area contributed by atoms with Crippen LogP contribution in [0.1, 0.15) is 122 Å². The van der Waals surface area contributed by atoms with Crippen LogP contribution in [-0.4, -0.2) is 103 Å². The number of benzene rings is 1. The number of carboxylic acids is 1. The molecule has 2 unspecified atom stereocenters. The van der Waals surface area contributed by atoms with Crippen LogP contribution in [0.25, 0.3) is 0 Å². The van der Waals surface area contributed by atoms with Crippen LogP contribution >= 0.6 is 11.3 Å². The molecule has 0 spiro atoms. The topological polar surface area (TPSA) is 202 Å². The van der Waals surface area contributed by atoms with Crippen molar-refractivity contribution in [1.29, 1.82) is 0 Å². The smallest absolute Gasteiger partial charge is 0.307 e. The molecule has 0 aliphatic carbocycles. The van der Waals surface area contributed by atoms with E-state index in [4.69, 9.17) is 4.74 Å². The van der Waals surface area contributed by atoms with Gasteiger partial charge in [0, 0.05) is 30.3 Å². The molecule has 3 rings (SSSR count). The first-order chi connectivity index (χ1) is 26.1. The number of aliphatic hydroxyl groups is 2. The van der Waals surface area contributed by atoms with Gasteiger partial charge in [0.2, 0.25) is 11.8 Å². The number of thiazole rings is 1. The number of hydrogen-bond donors (Lipinski definition) is 6. The maximum absolute atomic E-state index is 14.6. The van der Waals surface area contributed by atoms with Gasteiger partial charge in [0.15, 0.2) is 6.73 Å². The van der Waals surface area contributed by atoms with E-state index in [9.17, 15) is 39.6 Å². The molecule has 1 aromatic carbocycles. The summed E-state index contributed by atoms with van der Waals surface area (Å²) in [6.07, 6.45) is 2.19. The lowest BCUT2D eigenvalue weighted by Gasteiger charge is -2.39. The molecule has 1 fully saturated rings. The zero-order chi connectivity index (χ0) is 40.8. The summed E-state index contributed by atoms with van der Waals surface area (Å²) in [5, 5.41) is 50.1. The van der Waals surface area contributed by atoms with E-state index in [0.29, 0.717) is 30.7 Å². The molecule has 55 heavy (non-hydrogen) atoms. The minimum absolute atomic E-state index is 0.0390. The van der Waals surface area contributed by atoms with Crippen molar-refractivity contribution in [2.24, 2.45) is 17.8 Å². The zero-order valence-corrected chi connectivity index (χ0v) is 34.3. The highest BCUT2D eigenvalue weighted by atomic mass is 32.1. The molecule has 2 amide bonds. The third-order valence-corrected chi connectivity index (χ3v) is 11.5. The fraction of sp³-hybridized carbons (Fsp3) is 0.675. The number of carbonyl (C=O) groups is 4. The number of piperidine rings is 1. The van der Waals surface area contributed by atoms with Gasteiger partial charge in [-0.15, -0.1) is 11.3 Å². The highest BCUT2D eigenvalue weighted by molar-refractivity contribution is 7.09. The monoisotopic (exact) mass is 789 g/mol. The van der Waals surface area contributed by atoms with Crippen molar-refractivity contribution in [1.82, 2.24) is 25.4 Å². The van der Waals surface area contributed by atoms with Crippen molar-refractivity contribution in [3.8, 4) is 5.75 Å². The maximum Gasteiger partial charge on any atom is 0.307 e. The van der Waals surface area contributed by atoms with Gasteiger partial charge in [-0.25, -0.2) is 4.98 Å². The molecule has 6 N–H and O–H groups in total. The number of carbonyl (C=O) groups excluding carboxylic acids is 3. The molecule has 1 saturated heterocycles. The standard InChI is InChI=1S/C40H63N5O9S/c1-8-12-34(48)54-23-45(39(51)35(25(5)9-2)43-37(50)31-13-10-11-18-44(31)7)32(24(3)4)21-33(47)38-42-30(22-55-38)36(49)41-28(19-26(6)40(52)53)20-27-14-16-29(46)17-15-27/h14-17,22,24-26,28,31-33,35-36,41,46-47,49H,8-13,18-21,23H2,1-7H3,(H,43,50)(H,52,53)/t25?,26-,28+,31+,32+,33+,35-,36?/m0/s1. The van der Waals surface area contributed by atoms with Crippen LogP contribution < -0.4 is 10.6 Å². The van der Waals surface area contributed by atoms with E-state index >= 15 is 0 Å². The molecule has 0 saturated carbocycles. The molecule has 15 heteroatoms. The largest absolute Gasteiger partial charge is 0.508 e. The van der Waals surface area contributed by atoms with Gasteiger partial charge in [0.1, 0.15) is 29.1 Å². The number of phenolic OH excluding ortho intramolecular Hbond substituents is 1. The Morgan fingerprint density at radius 1 is 1.05 bits per heavy atom. The minimum Gasteiger partial charge on any atom is -0.508 e. The van der Waals surface area contributed by atoms with E-state index in [1.54, 1.807) is 36.6 Å². The second-order valence-electron chi connectivity index (χ2n) is 15.4. The van der Waals surface area contributed by atoms with Gasteiger partial charge in [-0.3, -0.25) is 29.4 Å². The highest BCUT2D eigenvalue weighted by Gasteiger charge is 2.38. The number of aliphatic hydroxyl groups excluding tert-OH is 2. The number of phenols is 1. The lowest BCUT2D eigenvalue weighted by molar-refractivity contribution is -0.159. The number of rotatable bonds is 22. The van der Waals surface area contributed by atoms with Gasteiger partial charge in [-0.1, -0.05) is 66.5 Å². The Morgan fingerprint density at radius 3 is 2.35 bits per heavy atom. The summed E-state index contributed by atoms with van der Waals surface area (Å²) in [4.78, 5) is 60.4. The van der Waals surface area contributed by atoms with E-state index in [-0.39, 0.29) is 61.2 Å². The number of aliphatic carboxylic acids is 1. The Balaban J connectivity index is 1.84. The van der Waals surface area contributed by atoms with Crippen molar-refractivity contribution in [3.63, 3.8) is 0 Å². The number of likely N-dealkylation sites (tertiary alicyclic amines) is 1. The summed E-state index contributed by atoms with van der Waals surface area (Å²) in [6.45, 7) is 11.6. The second kappa shape index (κ2) is 22.2. The molecule has 14 nitrogen and oxygen atoms in total. The summed E-state index contributed by atoms with van der Waals surface area (Å²) in [5.41, 5.74) is 1.08. The van der Waals surface area contributed by atoms with E-state index in [2.05, 4.69) is 15.6 Å². The maximum atomic E-state index is 14.6. The Labute approximate surface area is 329 Å². The number of esters is 1. The predicted octanol–water partition coefficient (Wildman–Crippen LogP) is 4.74. The first-order valence-electron chi connectivity index (χ1n) is 19.6. The van der Waals surface area contributed by atoms with Crippen molar-refractivity contribution in [2.75, 3.05) is 20.3 Å². The Bertz CT molecular complexity index is 1520. The van der Waals surface area contributed by atoms with Crippen molar-refractivity contribution in [3.05, 3.63) is 45.9 Å². The SMILES string of the molecule is CCCC(=O)OCN(C(=O)[C@@H](NC(=O)[C@H]1CCCCN1C)C(C)CC)[C@H](C[C@@H](O)c1nc(C(O)N[C@@H](Cc2ccc(O)cc2)C[C@H](C)C(=O)O)cs1)C(C)C. The number of aromatic nitrogens is 1. The van der Waals surface area contributed by atoms with Crippen LogP contribution in [0, 0.1) is 17.8 Å². The first kappa shape index (κ1) is 45.8. The molecule has 8 atom stereocenters. The number of ether oxygens (including phenoxy) is 1. The number of hydrogen-bond acceptors (Lipinski definition) is 12. The second-order valence-corrected chi connectivity index (χ2v) is 16.2. The van der Waals surface area contributed by atoms with Gasteiger partial charge in [0.25, 0.3) is 0 Å². The number of nitrogens with zero attached hydrogens (tertiary/aromatic N) is 3. The van der Waals surface area contributed by atoms with Crippen molar-refractivity contribution >= 4 is 35.1 Å². The number of likely N-dealkylation sites (N-methyl/N-ethyl adjacent to an activating group) is 1. The van der Waals surface area contributed by atoms with Crippen LogP contribution in [0.2, 0.25) is 0 Å². The molecular weight excluding hydrogens is 727 g/mol. The average molecular weight is 790 g/mol. The van der Waals surface area contributed by atoms with Crippen LogP contribution in [0.4, 0.5) is 0 Å². The normalized spacial score (nSPS) is 18.8. The quantitative estimate of drug-likeness (QED) is 0.0708. The van der Waals surface area contributed by atoms with Gasteiger partial charge < -0.3 is 35.4 Å². The lowest BCUT2D eigenvalue weighted by Crippen LogP contribution is -2.59. The van der Waals surface area contributed by atoms with Gasteiger partial charge in [0.05, 0.1) is 17.7 Å². The van der Waals surface area contributed by atoms with Crippen LogP contribution in [-0.2, 0) is 30.3 Å². The average Bonchev–Trinajstić information content (AvgIpc) is 3.65. The summed E-state index contributed by atoms with van der Waals surface area (Å²) in [7, 11) is 1.91. The number of aromatic hydroxyl groups is 1. The van der Waals surface area contributed by atoms with E-state index < -0.39 is 54.2 Å². The predicted molar refractivity (Wildman–Crippen MR) is 210 cm³/mol. The third-order valence-electron chi connectivity index (χ3n) is 10.6. The Morgan fingerprint density at radius 2 is 1.75 bits per heavy atom. The van der Waals surface area contributed by atoms with Crippen LogP contribution in [0.15, 0.2) is 29.6 Å². The third kappa shape index (κ3) is 13.8. The van der Waals surface area contributed by atoms with Gasteiger partial charge in [-0.2, -0.15) is 0 Å². The molecule has 1 aromatic heterocycles. The van der Waals surface area contributed by atoms with Crippen molar-refractivity contribution < 1.29 is 44.3 Å². The Hall–Kier alpha value is -3.63. The summed E-state index contributed by atoms with van der Waals surface area (Å²) < 4.78 is 5.61. The molecule has 1 aliphatic rings. The molecule has 1 aliphatic heterocycles. The first-order valence-corrected chi connectivity index (χ1v) is 20.5. The van der Waals surface area contributed by atoms with Gasteiger partial charge in [-0.05, 0) is 75.2 Å². The molecule has 2 heterocycles. The summed E-state index contributed by atoms with van der Waals surface area (Å²) in [6, 6.07) is 4.24. The van der Waals surface area contributed by atoms with Crippen LogP contribution in [0.3, 0.4) is 0 Å². The molecule has 2 aromatic rings. The highest BCUT2D eigenvalue weighted by Crippen LogP contribution is 2.30. The number of amides is 2. The minimum atomic E-state index is -1.28. The number of carboxylic acid groups (broad SMARTS) is 1. The molecule has 0 radical (unpaired) electrons. The van der Waals surface area contributed by atoms with Crippen molar-refractivity contribution in [2.45, 2.75) is 136 Å². The van der Waals surface area contributed by atoms with Crippen LogP contribution in [0.5, 0.6) is 5.75 Å². The zero-order valence-electron chi connectivity index (χ0n) is 33.4.